The van der Waals surface area contributed by atoms with Gasteiger partial charge in [-0.2, -0.15) is 8.62 Å². The third-order valence-corrected chi connectivity index (χ3v) is 25.2. The maximum Gasteiger partial charge on any atom is 0.490 e. The zero-order valence-electron chi connectivity index (χ0n) is 60.9. The number of methoxy groups -OCH3 is 1. The van der Waals surface area contributed by atoms with E-state index >= 15 is 0 Å². The second-order valence-electron chi connectivity index (χ2n) is 26.0. The molecule has 115 heavy (non-hydrogen) atoms. The number of phosphoric acid groups is 3. The molecule has 22 N–H and O–H groups in total. The van der Waals surface area contributed by atoms with E-state index < -0.39 is 174 Å². The van der Waals surface area contributed by atoms with Crippen LogP contribution in [0.3, 0.4) is 0 Å². The fourth-order valence-corrected chi connectivity index (χ4v) is 18.0. The second-order valence-corrected chi connectivity index (χ2v) is 33.9. The maximum absolute atomic E-state index is 12.2. The number of nitrogens with one attached hydrogen (secondary N) is 3. The number of Topliss-reactive ketones (excluding diaryl/α,β-unsaturated/α-hetero) is 1. The minimum atomic E-state index is -5.71. The number of aliphatic hydroxyl groups is 11. The molecule has 0 bridgehead atoms. The Morgan fingerprint density at radius 1 is 0.583 bits per heavy atom. The predicted molar refractivity (Wildman–Crippen MR) is 408 cm³/mol. The van der Waals surface area contributed by atoms with Gasteiger partial charge in [0.05, 0.1) is 58.7 Å². The van der Waals surface area contributed by atoms with Gasteiger partial charge in [-0.25, -0.2) is 18.5 Å². The summed E-state index contributed by atoms with van der Waals surface area (Å²) in [4.78, 5) is 99.3. The van der Waals surface area contributed by atoms with Gasteiger partial charge in [-0.3, -0.25) is 43.3 Å². The number of fused-ring (bicyclic) bond motifs is 2. The van der Waals surface area contributed by atoms with Gasteiger partial charge in [0.15, 0.2) is 24.9 Å². The maximum atomic E-state index is 12.2. The summed E-state index contributed by atoms with van der Waals surface area (Å²) in [6.45, 7) is 2.38. The van der Waals surface area contributed by atoms with Gasteiger partial charge in [0, 0.05) is 84.9 Å². The van der Waals surface area contributed by atoms with E-state index in [0.717, 1.165) is 19.0 Å². The molecule has 10 aliphatic heterocycles. The number of urea groups is 1. The molecule has 10 aliphatic rings. The standard InChI is InChI=1S/C18H15P.C15H20N2O6.C12H16N2O5.C11H18N3O14P3.C10H15IN2O5.C3H6O.Pd/c1-4-10-16(11-5-1)19(17-12-6-2-7-13-17)18-14-8-3-9-15-18;1-8(19)3-2-4-9-6-17(12(20)5-10(9)16)15-14(22)13(21)11(7-18)23-15;15-5-8-10(17)11(18)12(19-8)14-4-6-1-2-13-7(6)3-9(14)16;15-7-6(4-25-30(21,22)28-31(23,24)27-29(18,19)20)26-10(8(7)16)14-3-5-1-2-12-9(5)13-11(14)17;11-4-2-13(7(15)1-5(4)12)10-9(17)8(16)6(3-14)18-10;1-3-4-2;/h1-15H;6,10-11,13-15,18,21-22H,3,5,7,16H2,1H3;1-2,4,7-8,10-13,15,17-18H,3,5H2;1-3,6-10,12,15-16H,4H2,(H,13,17)(H,21,22)(H,23,24)(H2,18,19,20);2,5-6,8-10,14,16-17H,1,3,12H2;3H,1H2,2H3;. The van der Waals surface area contributed by atoms with E-state index in [-0.39, 0.29) is 81.7 Å². The van der Waals surface area contributed by atoms with Crippen LogP contribution in [0.25, 0.3) is 0 Å². The van der Waals surface area contributed by atoms with Gasteiger partial charge >= 0.3 is 29.5 Å². The van der Waals surface area contributed by atoms with Crippen LogP contribution in [-0.4, -0.2) is 281 Å². The number of hydrogen-bond donors (Lipinski definition) is 20. The van der Waals surface area contributed by atoms with Crippen LogP contribution >= 0.6 is 54.0 Å². The van der Waals surface area contributed by atoms with Crippen molar-refractivity contribution in [2.24, 2.45) is 11.5 Å². The number of nitrogens with two attached hydrogens (primary N) is 2. The number of ether oxygens (including phenoxy) is 5. The molecule has 4 fully saturated rings. The number of amides is 5. The zero-order chi connectivity index (χ0) is 83.7. The van der Waals surface area contributed by atoms with Crippen molar-refractivity contribution in [1.29, 1.82) is 0 Å². The number of nitrogens with zero attached hydrogens (tertiary/aromatic N) is 4. The van der Waals surface area contributed by atoms with Crippen molar-refractivity contribution < 1.29 is 171 Å². The summed E-state index contributed by atoms with van der Waals surface area (Å²) in [7, 11) is -15.6. The van der Waals surface area contributed by atoms with Crippen molar-refractivity contribution in [3.05, 3.63) is 173 Å². The quantitative estimate of drug-likeness (QED) is 0.0182. The average Bonchev–Trinajstić information content (AvgIpc) is 1.62. The van der Waals surface area contributed by atoms with Crippen LogP contribution in [0, 0.1) is 11.8 Å². The summed E-state index contributed by atoms with van der Waals surface area (Å²) < 4.78 is 71.6. The molecule has 0 saturated carbocycles. The topological polar surface area (TPSA) is 615 Å². The first kappa shape index (κ1) is 95.8. The summed E-state index contributed by atoms with van der Waals surface area (Å²) in [5.74, 6) is 4.48. The molecule has 0 aromatic heterocycles. The molecule has 4 saturated heterocycles. The Balaban J connectivity index is 0.000000199. The monoisotopic (exact) mass is 1900 g/mol. The zero-order valence-corrected chi connectivity index (χ0v) is 68.2. The van der Waals surface area contributed by atoms with Gasteiger partial charge in [0.25, 0.3) is 0 Å². The Hall–Kier alpha value is -6.30. The largest absolute Gasteiger partial charge is 0.505 e. The molecule has 22 atom stereocenters. The summed E-state index contributed by atoms with van der Waals surface area (Å²) in [5, 5.41) is 119. The third kappa shape index (κ3) is 25.6. The van der Waals surface area contributed by atoms with Gasteiger partial charge in [0.1, 0.15) is 85.2 Å². The van der Waals surface area contributed by atoms with Crippen molar-refractivity contribution >= 4 is 99.4 Å². The number of phosphoric ester groups is 1. The predicted octanol–water partition coefficient (Wildman–Crippen LogP) is -3.51. The Labute approximate surface area is 686 Å². The van der Waals surface area contributed by atoms with E-state index in [4.69, 9.17) is 60.4 Å². The molecular weight excluding hydrogens is 1810 g/mol. The first-order valence-corrected chi connectivity index (χ1v) is 41.6. The minimum absolute atomic E-state index is 0. The van der Waals surface area contributed by atoms with E-state index in [2.05, 4.69) is 143 Å². The number of rotatable bonds is 19. The normalized spacial score (nSPS) is 31.2. The fraction of sp³-hybridized carbons (Fsp3) is 0.435. The molecule has 22 unspecified atom stereocenters. The van der Waals surface area contributed by atoms with Gasteiger partial charge in [0.2, 0.25) is 17.7 Å². The van der Waals surface area contributed by atoms with Crippen LogP contribution in [-0.2, 0) is 90.1 Å². The molecule has 46 heteroatoms. The summed E-state index contributed by atoms with van der Waals surface area (Å²) >= 11 is 2.01. The number of hydrogen-bond acceptors (Lipinski definition) is 31. The van der Waals surface area contributed by atoms with E-state index in [1.807, 2.05) is 28.7 Å². The van der Waals surface area contributed by atoms with Gasteiger partial charge in [-0.15, -0.1) is 0 Å². The molecule has 634 valence electrons. The first-order valence-electron chi connectivity index (χ1n) is 34.6. The smallest absolute Gasteiger partial charge is 0.490 e. The Morgan fingerprint density at radius 3 is 1.43 bits per heavy atom. The van der Waals surface area contributed by atoms with Crippen LogP contribution < -0.4 is 43.3 Å². The fourth-order valence-electron chi connectivity index (χ4n) is 12.1. The number of aliphatic hydroxyl groups excluding tert-OH is 11. The molecular formula is C69H90IN9O31P4Pd. The third-order valence-electron chi connectivity index (χ3n) is 17.8. The van der Waals surface area contributed by atoms with Crippen molar-refractivity contribution in [1.82, 2.24) is 35.6 Å². The van der Waals surface area contributed by atoms with Crippen molar-refractivity contribution in [3.63, 3.8) is 0 Å². The van der Waals surface area contributed by atoms with E-state index in [1.54, 1.807) is 31.8 Å². The number of benzene rings is 3. The molecule has 3 aromatic rings. The van der Waals surface area contributed by atoms with Crippen LogP contribution in [0.4, 0.5) is 4.79 Å². The van der Waals surface area contributed by atoms with Crippen LogP contribution in [0.15, 0.2) is 173 Å². The van der Waals surface area contributed by atoms with Gasteiger partial charge in [-0.1, -0.05) is 109 Å². The molecule has 40 nitrogen and oxygen atoms in total. The van der Waals surface area contributed by atoms with Crippen LogP contribution in [0.5, 0.6) is 0 Å². The van der Waals surface area contributed by atoms with Crippen LogP contribution in [0.1, 0.15) is 32.6 Å². The van der Waals surface area contributed by atoms with Crippen molar-refractivity contribution in [3.8, 4) is 11.8 Å². The Morgan fingerprint density at radius 2 is 0.983 bits per heavy atom. The van der Waals surface area contributed by atoms with E-state index in [1.165, 1.54) is 57.5 Å². The molecule has 0 aliphatic carbocycles. The number of halogens is 1. The molecule has 5 amide bonds. The SMILES string of the molecule is C=COC.CC(=O)CC#CC1=CN(C2OC(CO)C(O)C2O)C(=O)CC1N.NC1CC(=O)N(C2OC(CO)C(O)C2O)C=C1I.O=C1CC2NC=CC2=CN1C1OC(CO)C(O)C1O.O=C1NC2NC=CC2=CN1C1OC(COP(=O)(O)OP(=O)(O)OP(=O)(O)O)C(O)C1O.[Pd].c1ccc(P(c2ccccc2)c2ccccc2)cc1. The van der Waals surface area contributed by atoms with Crippen molar-refractivity contribution in [2.45, 2.75) is 155 Å². The molecule has 13 rings (SSSR count). The molecule has 0 radical (unpaired) electrons. The average molecular weight is 1900 g/mol. The van der Waals surface area contributed by atoms with Crippen LogP contribution in [0.2, 0.25) is 0 Å². The Bertz CT molecular complexity index is 4160. The van der Waals surface area contributed by atoms with E-state index in [9.17, 15) is 83.4 Å². The molecule has 3 aromatic carbocycles. The number of carbonyl (C=O) groups excluding carboxylic acids is 5. The van der Waals surface area contributed by atoms with E-state index in [0.29, 0.717) is 11.1 Å². The summed E-state index contributed by atoms with van der Waals surface area (Å²) in [6, 6.07) is 30.7. The number of carbonyl (C=O) groups is 5. The van der Waals surface area contributed by atoms with Gasteiger partial charge < -0.3 is 127 Å². The first-order chi connectivity index (χ1) is 53.9. The van der Waals surface area contributed by atoms with Crippen molar-refractivity contribution in [2.75, 3.05) is 33.5 Å². The minimum Gasteiger partial charge on any atom is -0.505 e. The Kier molecular flexibility index (Phi) is 36.3. The molecule has 10 heterocycles. The van der Waals surface area contributed by atoms with Gasteiger partial charge in [-0.05, 0) is 83.5 Å². The second kappa shape index (κ2) is 43.6. The summed E-state index contributed by atoms with van der Waals surface area (Å²) in [6.07, 6.45) is -5.65. The number of ketones is 1. The molecule has 0 spiro atoms. The summed E-state index contributed by atoms with van der Waals surface area (Å²) in [5.41, 5.74) is 13.6.